The van der Waals surface area contributed by atoms with E-state index in [1.165, 1.54) is 0 Å². The van der Waals surface area contributed by atoms with Crippen molar-refractivity contribution >= 4 is 17.4 Å². The Morgan fingerprint density at radius 2 is 1.73 bits per heavy atom. The summed E-state index contributed by atoms with van der Waals surface area (Å²) in [6.07, 6.45) is 1.08. The predicted octanol–water partition coefficient (Wildman–Crippen LogP) is 4.31. The van der Waals surface area contributed by atoms with E-state index in [2.05, 4.69) is 18.2 Å². The summed E-state index contributed by atoms with van der Waals surface area (Å²) in [5, 5.41) is 14.2. The Bertz CT molecular complexity index is 1080. The van der Waals surface area contributed by atoms with E-state index in [9.17, 15) is 10.1 Å². The van der Waals surface area contributed by atoms with Crippen molar-refractivity contribution in [3.8, 4) is 6.07 Å². The summed E-state index contributed by atoms with van der Waals surface area (Å²) >= 11 is 6.07. The zero-order valence-corrected chi connectivity index (χ0v) is 17.7. The van der Waals surface area contributed by atoms with Gasteiger partial charge in [-0.05, 0) is 35.6 Å². The number of Topliss-reactive ketones (excluding diaryl/α,β-unsaturated/α-hetero) is 1. The fourth-order valence-electron chi connectivity index (χ4n) is 4.52. The van der Waals surface area contributed by atoms with Gasteiger partial charge in [0.15, 0.2) is 5.78 Å². The molecule has 0 aromatic heterocycles. The van der Waals surface area contributed by atoms with Gasteiger partial charge in [0.25, 0.3) is 0 Å². The molecule has 0 spiro atoms. The van der Waals surface area contributed by atoms with Crippen LogP contribution in [0.5, 0.6) is 0 Å². The van der Waals surface area contributed by atoms with Crippen LogP contribution in [-0.4, -0.2) is 29.9 Å². The average molecular weight is 419 g/mol. The lowest BCUT2D eigenvalue weighted by Gasteiger charge is -2.43. The van der Waals surface area contributed by atoms with Crippen LogP contribution in [0.25, 0.3) is 0 Å². The summed E-state index contributed by atoms with van der Waals surface area (Å²) in [4.78, 5) is 13.5. The number of hydrogen-bond acceptors (Lipinski definition) is 5. The summed E-state index contributed by atoms with van der Waals surface area (Å²) in [7, 11) is 3.73. The second-order valence-electron chi connectivity index (χ2n) is 7.85. The summed E-state index contributed by atoms with van der Waals surface area (Å²) < 4.78 is 0. The molecule has 0 fully saturated rings. The van der Waals surface area contributed by atoms with Crippen LogP contribution in [0.2, 0.25) is 5.02 Å². The lowest BCUT2D eigenvalue weighted by Crippen LogP contribution is -2.46. The second-order valence-corrected chi connectivity index (χ2v) is 8.29. The third-order valence-electron chi connectivity index (χ3n) is 5.81. The number of benzene rings is 2. The molecule has 0 unspecified atom stereocenters. The number of nitriles is 1. The first-order valence-electron chi connectivity index (χ1n) is 9.86. The Labute approximate surface area is 181 Å². The minimum Gasteiger partial charge on any atom is -0.383 e. The predicted molar refractivity (Wildman–Crippen MR) is 117 cm³/mol. The molecular formula is C24H23ClN4O. The fourth-order valence-corrected chi connectivity index (χ4v) is 4.64. The Balaban J connectivity index is 1.89. The van der Waals surface area contributed by atoms with E-state index in [0.29, 0.717) is 34.8 Å². The van der Waals surface area contributed by atoms with Crippen molar-refractivity contribution in [3.63, 3.8) is 0 Å². The van der Waals surface area contributed by atoms with Gasteiger partial charge in [-0.15, -0.1) is 0 Å². The Morgan fingerprint density at radius 1 is 1.07 bits per heavy atom. The molecule has 4 rings (SSSR count). The quantitative estimate of drug-likeness (QED) is 0.803. The van der Waals surface area contributed by atoms with Gasteiger partial charge in [-0.2, -0.15) is 5.26 Å². The van der Waals surface area contributed by atoms with Gasteiger partial charge in [-0.25, -0.2) is 5.01 Å². The lowest BCUT2D eigenvalue weighted by molar-refractivity contribution is -0.117. The number of allylic oxidation sites excluding steroid dienone is 3. The zero-order valence-electron chi connectivity index (χ0n) is 17.0. The zero-order chi connectivity index (χ0) is 21.4. The van der Waals surface area contributed by atoms with Gasteiger partial charge >= 0.3 is 0 Å². The van der Waals surface area contributed by atoms with Crippen LogP contribution >= 0.6 is 11.6 Å². The molecule has 0 bridgehead atoms. The van der Waals surface area contributed by atoms with E-state index in [1.807, 2.05) is 54.4 Å². The number of carbonyl (C=O) groups excluding carboxylic acids is 1. The van der Waals surface area contributed by atoms with E-state index in [-0.39, 0.29) is 11.7 Å². The number of ketones is 1. The first kappa shape index (κ1) is 20.2. The van der Waals surface area contributed by atoms with E-state index >= 15 is 0 Å². The number of rotatable bonds is 3. The smallest absolute Gasteiger partial charge is 0.162 e. The van der Waals surface area contributed by atoms with E-state index in [4.69, 9.17) is 17.3 Å². The molecule has 2 aromatic carbocycles. The molecule has 30 heavy (non-hydrogen) atoms. The second kappa shape index (κ2) is 7.98. The molecule has 1 aliphatic heterocycles. The highest BCUT2D eigenvalue weighted by Crippen LogP contribution is 2.48. The fraction of sp³-hybridized carbons (Fsp3) is 0.250. The number of hydrogen-bond donors (Lipinski definition) is 1. The maximum absolute atomic E-state index is 13.5. The molecule has 0 radical (unpaired) electrons. The third kappa shape index (κ3) is 3.39. The normalized spacial score (nSPS) is 21.7. The SMILES string of the molecule is CN(C)N1C(N)=C(C#N)[C@@H](c2ccc(Cl)cc2)C2=C1C[C@@H](c1ccccc1)CC2=O. The van der Waals surface area contributed by atoms with E-state index in [0.717, 1.165) is 16.8 Å². The van der Waals surface area contributed by atoms with Gasteiger partial charge in [0.2, 0.25) is 0 Å². The van der Waals surface area contributed by atoms with Crippen LogP contribution in [-0.2, 0) is 4.79 Å². The lowest BCUT2D eigenvalue weighted by atomic mass is 9.72. The van der Waals surface area contributed by atoms with Gasteiger partial charge < -0.3 is 5.73 Å². The van der Waals surface area contributed by atoms with Crippen molar-refractivity contribution in [1.29, 1.82) is 5.26 Å². The molecule has 2 atom stereocenters. The van der Waals surface area contributed by atoms with Crippen LogP contribution in [0, 0.1) is 11.3 Å². The van der Waals surface area contributed by atoms with Crippen LogP contribution in [0.15, 0.2) is 77.3 Å². The number of nitrogens with two attached hydrogens (primary N) is 1. The van der Waals surface area contributed by atoms with Gasteiger partial charge in [0, 0.05) is 36.8 Å². The molecule has 0 amide bonds. The minimum atomic E-state index is -0.484. The molecule has 2 aliphatic rings. The molecule has 1 aliphatic carbocycles. The molecule has 1 heterocycles. The Morgan fingerprint density at radius 3 is 2.33 bits per heavy atom. The van der Waals surface area contributed by atoms with Gasteiger partial charge in [-0.3, -0.25) is 9.80 Å². The molecule has 152 valence electrons. The third-order valence-corrected chi connectivity index (χ3v) is 6.07. The molecule has 2 aromatic rings. The first-order chi connectivity index (χ1) is 14.4. The van der Waals surface area contributed by atoms with Crippen LogP contribution in [0.3, 0.4) is 0 Å². The molecular weight excluding hydrogens is 396 g/mol. The summed E-state index contributed by atoms with van der Waals surface area (Å²) in [5.41, 5.74) is 10.4. The Kier molecular flexibility index (Phi) is 5.38. The van der Waals surface area contributed by atoms with Crippen molar-refractivity contribution in [2.24, 2.45) is 5.73 Å². The molecule has 6 heteroatoms. The van der Waals surface area contributed by atoms with Crippen LogP contribution in [0.1, 0.15) is 35.8 Å². The Hall–Kier alpha value is -3.07. The topological polar surface area (TPSA) is 73.4 Å². The van der Waals surface area contributed by atoms with E-state index < -0.39 is 5.92 Å². The van der Waals surface area contributed by atoms with Crippen molar-refractivity contribution in [2.75, 3.05) is 14.1 Å². The van der Waals surface area contributed by atoms with Crippen molar-refractivity contribution < 1.29 is 4.79 Å². The monoisotopic (exact) mass is 418 g/mol. The van der Waals surface area contributed by atoms with Crippen molar-refractivity contribution in [1.82, 2.24) is 10.0 Å². The highest BCUT2D eigenvalue weighted by atomic mass is 35.5. The summed E-state index contributed by atoms with van der Waals surface area (Å²) in [6, 6.07) is 19.6. The summed E-state index contributed by atoms with van der Waals surface area (Å²) in [5.74, 6) is 0.00441. The van der Waals surface area contributed by atoms with E-state index in [1.54, 1.807) is 12.1 Å². The van der Waals surface area contributed by atoms with Crippen molar-refractivity contribution in [2.45, 2.75) is 24.7 Å². The number of carbonyl (C=O) groups is 1. The van der Waals surface area contributed by atoms with Crippen LogP contribution < -0.4 is 5.73 Å². The first-order valence-corrected chi connectivity index (χ1v) is 10.2. The van der Waals surface area contributed by atoms with Crippen LogP contribution in [0.4, 0.5) is 0 Å². The highest BCUT2D eigenvalue weighted by molar-refractivity contribution is 6.30. The number of nitrogens with zero attached hydrogens (tertiary/aromatic N) is 3. The maximum atomic E-state index is 13.5. The number of halogens is 1. The van der Waals surface area contributed by atoms with Gasteiger partial charge in [0.05, 0.1) is 17.6 Å². The molecule has 0 saturated heterocycles. The average Bonchev–Trinajstić information content (AvgIpc) is 2.73. The van der Waals surface area contributed by atoms with Gasteiger partial charge in [-0.1, -0.05) is 54.1 Å². The van der Waals surface area contributed by atoms with Gasteiger partial charge in [0.1, 0.15) is 5.82 Å². The molecule has 0 saturated carbocycles. The molecule has 5 nitrogen and oxygen atoms in total. The largest absolute Gasteiger partial charge is 0.383 e. The highest BCUT2D eigenvalue weighted by Gasteiger charge is 2.43. The maximum Gasteiger partial charge on any atom is 0.162 e. The minimum absolute atomic E-state index is 0.0529. The van der Waals surface area contributed by atoms with Crippen molar-refractivity contribution in [3.05, 3.63) is 93.4 Å². The standard InChI is InChI=1S/C24H23ClN4O/c1-28(2)29-20-12-17(15-6-4-3-5-7-15)13-21(30)23(20)22(19(14-26)24(29)27)16-8-10-18(25)11-9-16/h3-11,17,22H,12-13,27H2,1-2H3/t17-,22-/m1/s1. The molecule has 2 N–H and O–H groups in total. The summed E-state index contributed by atoms with van der Waals surface area (Å²) in [6.45, 7) is 0. The number of hydrazine groups is 1.